The molecule has 118 valence electrons. The lowest BCUT2D eigenvalue weighted by atomic mass is 9.64. The van der Waals surface area contributed by atoms with Crippen molar-refractivity contribution in [3.05, 3.63) is 35.9 Å². The zero-order chi connectivity index (χ0) is 16.1. The number of nitrogens with two attached hydrogens (primary N) is 1. The van der Waals surface area contributed by atoms with Crippen LogP contribution < -0.4 is 5.73 Å². The lowest BCUT2D eigenvalue weighted by Gasteiger charge is -2.30. The maximum absolute atomic E-state index is 12.2. The van der Waals surface area contributed by atoms with Gasteiger partial charge in [0.15, 0.2) is 5.78 Å². The van der Waals surface area contributed by atoms with Gasteiger partial charge in [-0.3, -0.25) is 9.59 Å². The molecule has 1 aromatic rings. The highest BCUT2D eigenvalue weighted by atomic mass is 16.5. The Kier molecular flexibility index (Phi) is 5.71. The summed E-state index contributed by atoms with van der Waals surface area (Å²) in [7, 11) is -1.12. The van der Waals surface area contributed by atoms with E-state index in [2.05, 4.69) is 0 Å². The smallest absolute Gasteiger partial charge is 0.458 e. The molecule has 1 aromatic carbocycles. The van der Waals surface area contributed by atoms with Crippen LogP contribution in [0.4, 0.5) is 0 Å². The fraction of sp³-hybridized carbons (Fsp3) is 0.467. The monoisotopic (exact) mass is 305 g/mol. The predicted molar refractivity (Wildman–Crippen MR) is 81.1 cm³/mol. The van der Waals surface area contributed by atoms with E-state index in [4.69, 9.17) is 15.5 Å². The summed E-state index contributed by atoms with van der Waals surface area (Å²) in [5, 5.41) is 18.7. The van der Waals surface area contributed by atoms with Crippen molar-refractivity contribution in [3.63, 3.8) is 0 Å². The summed E-state index contributed by atoms with van der Waals surface area (Å²) in [6.45, 7) is 0. The van der Waals surface area contributed by atoms with E-state index in [-0.39, 0.29) is 24.4 Å². The molecule has 0 aliphatic carbocycles. The van der Waals surface area contributed by atoms with E-state index < -0.39 is 25.2 Å². The summed E-state index contributed by atoms with van der Waals surface area (Å²) < 4.78 is 5.28. The molecule has 0 amide bonds. The first-order chi connectivity index (χ1) is 10.5. The van der Waals surface area contributed by atoms with Crippen molar-refractivity contribution in [3.8, 4) is 0 Å². The summed E-state index contributed by atoms with van der Waals surface area (Å²) in [5.74, 6) is -1.46. The number of Topliss-reactive ketones (excluding diaryl/α,β-unsaturated/α-hetero) is 1. The number of carbonyl (C=O) groups excluding carboxylic acids is 1. The summed E-state index contributed by atoms with van der Waals surface area (Å²) in [6.07, 6.45) is 0.550. The van der Waals surface area contributed by atoms with Crippen molar-refractivity contribution < 1.29 is 24.4 Å². The molecule has 4 N–H and O–H groups in total. The SMILES string of the molecule is N[C@H](C(=O)C[C@H]1CC[C@@H](CC(=O)O)OB1O)c1ccccc1. The third-order valence-electron chi connectivity index (χ3n) is 3.97. The van der Waals surface area contributed by atoms with Crippen LogP contribution in [0.2, 0.25) is 5.82 Å². The van der Waals surface area contributed by atoms with Crippen molar-refractivity contribution in [2.45, 2.75) is 43.6 Å². The molecule has 1 fully saturated rings. The van der Waals surface area contributed by atoms with Gasteiger partial charge in [-0.05, 0) is 18.4 Å². The standard InChI is InChI=1S/C15H20BNO5/c17-15(10-4-2-1-3-5-10)13(18)8-11-6-7-12(9-14(19)20)22-16(11)21/h1-5,11-12,15,21H,6-9,17H2,(H,19,20)/t11-,12+,15+/m1/s1. The molecule has 0 spiro atoms. The first-order valence-electron chi connectivity index (χ1n) is 7.36. The van der Waals surface area contributed by atoms with Crippen LogP contribution >= 0.6 is 0 Å². The van der Waals surface area contributed by atoms with Gasteiger partial charge in [-0.25, -0.2) is 0 Å². The molecule has 1 aliphatic rings. The fourth-order valence-corrected chi connectivity index (χ4v) is 2.70. The van der Waals surface area contributed by atoms with Crippen LogP contribution in [0.5, 0.6) is 0 Å². The van der Waals surface area contributed by atoms with Crippen LogP contribution in [-0.4, -0.2) is 35.1 Å². The van der Waals surface area contributed by atoms with E-state index >= 15 is 0 Å². The molecule has 7 heteroatoms. The average molecular weight is 305 g/mol. The number of carbonyl (C=O) groups is 2. The highest BCUT2D eigenvalue weighted by Gasteiger charge is 2.37. The molecule has 0 aromatic heterocycles. The van der Waals surface area contributed by atoms with Gasteiger partial charge in [0.05, 0.1) is 18.6 Å². The molecule has 0 radical (unpaired) electrons. The number of carboxylic acids is 1. The van der Waals surface area contributed by atoms with Crippen LogP contribution in [0, 0.1) is 0 Å². The quantitative estimate of drug-likeness (QED) is 0.680. The van der Waals surface area contributed by atoms with Crippen molar-refractivity contribution in [1.82, 2.24) is 0 Å². The van der Waals surface area contributed by atoms with Gasteiger partial charge in [-0.2, -0.15) is 0 Å². The highest BCUT2D eigenvalue weighted by Crippen LogP contribution is 2.32. The molecule has 2 rings (SSSR count). The molecule has 3 atom stereocenters. The highest BCUT2D eigenvalue weighted by molar-refractivity contribution is 6.45. The van der Waals surface area contributed by atoms with Gasteiger partial charge in [-0.15, -0.1) is 0 Å². The summed E-state index contributed by atoms with van der Waals surface area (Å²) in [5.41, 5.74) is 6.68. The molecular formula is C15H20BNO5. The summed E-state index contributed by atoms with van der Waals surface area (Å²) in [4.78, 5) is 22.9. The van der Waals surface area contributed by atoms with Crippen molar-refractivity contribution in [2.75, 3.05) is 0 Å². The second-order valence-corrected chi connectivity index (χ2v) is 5.64. The fourth-order valence-electron chi connectivity index (χ4n) is 2.70. The van der Waals surface area contributed by atoms with Crippen LogP contribution in [0.1, 0.15) is 37.3 Å². The predicted octanol–water partition coefficient (Wildman–Crippen LogP) is 1.15. The first-order valence-corrected chi connectivity index (χ1v) is 7.36. The van der Waals surface area contributed by atoms with E-state index in [1.165, 1.54) is 0 Å². The normalized spacial score (nSPS) is 23.1. The number of rotatable bonds is 6. The maximum atomic E-state index is 12.2. The topological polar surface area (TPSA) is 110 Å². The third-order valence-corrected chi connectivity index (χ3v) is 3.97. The minimum atomic E-state index is -1.12. The number of hydrogen-bond donors (Lipinski definition) is 3. The molecule has 22 heavy (non-hydrogen) atoms. The Labute approximate surface area is 129 Å². The largest absolute Gasteiger partial charge is 0.481 e. The Morgan fingerprint density at radius 3 is 2.55 bits per heavy atom. The lowest BCUT2D eigenvalue weighted by Crippen LogP contribution is -2.38. The Balaban J connectivity index is 1.88. The number of benzene rings is 1. The van der Waals surface area contributed by atoms with Gasteiger partial charge >= 0.3 is 13.1 Å². The Bertz CT molecular complexity index is 524. The van der Waals surface area contributed by atoms with Crippen LogP contribution in [0.15, 0.2) is 30.3 Å². The summed E-state index contributed by atoms with van der Waals surface area (Å²) in [6, 6.07) is 8.35. The minimum Gasteiger partial charge on any atom is -0.481 e. The van der Waals surface area contributed by atoms with E-state index in [9.17, 15) is 14.6 Å². The van der Waals surface area contributed by atoms with E-state index in [1.54, 1.807) is 12.1 Å². The number of aliphatic carboxylic acids is 1. The van der Waals surface area contributed by atoms with Gasteiger partial charge in [0, 0.05) is 12.2 Å². The molecule has 6 nitrogen and oxygen atoms in total. The van der Waals surface area contributed by atoms with Crippen LogP contribution in [0.25, 0.3) is 0 Å². The van der Waals surface area contributed by atoms with Crippen LogP contribution in [0.3, 0.4) is 0 Å². The van der Waals surface area contributed by atoms with Crippen molar-refractivity contribution in [1.29, 1.82) is 0 Å². The second-order valence-electron chi connectivity index (χ2n) is 5.64. The minimum absolute atomic E-state index is 0.122. The molecular weight excluding hydrogens is 285 g/mol. The Hall–Kier alpha value is -1.70. The van der Waals surface area contributed by atoms with Gasteiger partial charge in [-0.1, -0.05) is 30.3 Å². The molecule has 0 saturated carbocycles. The average Bonchev–Trinajstić information content (AvgIpc) is 2.49. The molecule has 1 saturated heterocycles. The van der Waals surface area contributed by atoms with Gasteiger partial charge < -0.3 is 20.5 Å². The number of hydrogen-bond acceptors (Lipinski definition) is 5. The van der Waals surface area contributed by atoms with E-state index in [0.717, 1.165) is 5.56 Å². The zero-order valence-corrected chi connectivity index (χ0v) is 12.2. The Morgan fingerprint density at radius 2 is 1.95 bits per heavy atom. The molecule has 1 heterocycles. The lowest BCUT2D eigenvalue weighted by molar-refractivity contribution is -0.139. The number of ketones is 1. The zero-order valence-electron chi connectivity index (χ0n) is 12.2. The van der Waals surface area contributed by atoms with E-state index in [0.29, 0.717) is 12.8 Å². The summed E-state index contributed by atoms with van der Waals surface area (Å²) >= 11 is 0. The maximum Gasteiger partial charge on any atom is 0.458 e. The van der Waals surface area contributed by atoms with Crippen molar-refractivity contribution in [2.24, 2.45) is 5.73 Å². The van der Waals surface area contributed by atoms with Gasteiger partial charge in [0.2, 0.25) is 0 Å². The van der Waals surface area contributed by atoms with E-state index in [1.807, 2.05) is 18.2 Å². The molecule has 0 bridgehead atoms. The third kappa shape index (κ3) is 4.40. The number of carboxylic acid groups (broad SMARTS) is 1. The molecule has 1 aliphatic heterocycles. The van der Waals surface area contributed by atoms with Gasteiger partial charge in [0.25, 0.3) is 0 Å². The van der Waals surface area contributed by atoms with Crippen LogP contribution in [-0.2, 0) is 14.2 Å². The van der Waals surface area contributed by atoms with Gasteiger partial charge in [0.1, 0.15) is 0 Å². The van der Waals surface area contributed by atoms with Crippen molar-refractivity contribution >= 4 is 18.9 Å². The first kappa shape index (κ1) is 16.7. The Morgan fingerprint density at radius 1 is 1.27 bits per heavy atom. The molecule has 0 unspecified atom stereocenters. The second kappa shape index (κ2) is 7.53.